The van der Waals surface area contributed by atoms with Crippen LogP contribution in [0.15, 0.2) is 35.1 Å². The quantitative estimate of drug-likeness (QED) is 0.712. The summed E-state index contributed by atoms with van der Waals surface area (Å²) in [6.45, 7) is 0.598. The minimum absolute atomic E-state index is 0.438. The third-order valence-corrected chi connectivity index (χ3v) is 3.46. The van der Waals surface area contributed by atoms with Gasteiger partial charge in [0, 0.05) is 24.2 Å². The van der Waals surface area contributed by atoms with E-state index in [1.807, 2.05) is 0 Å². The number of aryl methyl sites for hydroxylation is 2. The molecular weight excluding hydrogens is 327 g/mol. The summed E-state index contributed by atoms with van der Waals surface area (Å²) in [5.74, 6) is 1.58. The first kappa shape index (κ1) is 14.9. The van der Waals surface area contributed by atoms with Gasteiger partial charge in [-0.3, -0.25) is 4.68 Å². The largest absolute Gasteiger partial charge is 0.496 e. The minimum Gasteiger partial charge on any atom is -0.496 e. The molecule has 0 aliphatic carbocycles. The summed E-state index contributed by atoms with van der Waals surface area (Å²) in [6, 6.07) is 5.24. The van der Waals surface area contributed by atoms with Crippen LogP contribution in [0.5, 0.6) is 5.75 Å². The second-order valence-electron chi connectivity index (χ2n) is 4.53. The Labute approximate surface area is 136 Å². The summed E-state index contributed by atoms with van der Waals surface area (Å²) in [5.41, 5.74) is 0.687. The summed E-state index contributed by atoms with van der Waals surface area (Å²) >= 11 is 11.8. The molecule has 0 fully saturated rings. The lowest BCUT2D eigenvalue weighted by molar-refractivity contribution is 0.369. The average molecular weight is 339 g/mol. The van der Waals surface area contributed by atoms with Crippen molar-refractivity contribution in [2.75, 3.05) is 7.11 Å². The summed E-state index contributed by atoms with van der Waals surface area (Å²) in [4.78, 5) is 4.36. The van der Waals surface area contributed by atoms with Crippen molar-refractivity contribution in [1.82, 2.24) is 19.9 Å². The molecule has 0 unspecified atom stereocenters. The summed E-state index contributed by atoms with van der Waals surface area (Å²) in [5, 5.41) is 9.24. The summed E-state index contributed by atoms with van der Waals surface area (Å²) < 4.78 is 12.3. The number of hydrogen-bond acceptors (Lipinski definition) is 5. The van der Waals surface area contributed by atoms with Gasteiger partial charge in [-0.25, -0.2) is 0 Å². The standard InChI is InChI=1S/C14H12Cl2N4O2/c1-21-12-3-2-9(15)6-11(12)14-18-13(22-19-14)4-5-20-8-10(16)7-17-20/h2-3,6-8H,4-5H2,1H3. The van der Waals surface area contributed by atoms with E-state index < -0.39 is 0 Å². The van der Waals surface area contributed by atoms with Gasteiger partial charge in [0.25, 0.3) is 0 Å². The minimum atomic E-state index is 0.438. The predicted molar refractivity (Wildman–Crippen MR) is 82.2 cm³/mol. The lowest BCUT2D eigenvalue weighted by Gasteiger charge is -2.04. The summed E-state index contributed by atoms with van der Waals surface area (Å²) in [6.07, 6.45) is 3.87. The zero-order valence-electron chi connectivity index (χ0n) is 11.7. The number of ether oxygens (including phenoxy) is 1. The van der Waals surface area contributed by atoms with Crippen molar-refractivity contribution in [1.29, 1.82) is 0 Å². The molecule has 0 saturated heterocycles. The molecule has 8 heteroatoms. The summed E-state index contributed by atoms with van der Waals surface area (Å²) in [7, 11) is 1.58. The molecule has 2 aromatic heterocycles. The molecule has 0 spiro atoms. The van der Waals surface area contributed by atoms with Crippen molar-refractivity contribution < 1.29 is 9.26 Å². The van der Waals surface area contributed by atoms with E-state index in [0.717, 1.165) is 0 Å². The SMILES string of the molecule is COc1ccc(Cl)cc1-c1noc(CCn2cc(Cl)cn2)n1. The van der Waals surface area contributed by atoms with Crippen LogP contribution in [-0.2, 0) is 13.0 Å². The molecule has 0 aliphatic rings. The number of aromatic nitrogens is 4. The number of hydrogen-bond donors (Lipinski definition) is 0. The van der Waals surface area contributed by atoms with E-state index in [-0.39, 0.29) is 0 Å². The fraction of sp³-hybridized carbons (Fsp3) is 0.214. The van der Waals surface area contributed by atoms with Crippen LogP contribution in [0.1, 0.15) is 5.89 Å². The van der Waals surface area contributed by atoms with E-state index >= 15 is 0 Å². The molecule has 6 nitrogen and oxygen atoms in total. The van der Waals surface area contributed by atoms with Crippen LogP contribution < -0.4 is 4.74 Å². The number of methoxy groups -OCH3 is 1. The monoisotopic (exact) mass is 338 g/mol. The van der Waals surface area contributed by atoms with E-state index in [9.17, 15) is 0 Å². The fourth-order valence-corrected chi connectivity index (χ4v) is 2.32. The lowest BCUT2D eigenvalue weighted by atomic mass is 10.2. The Bertz CT molecular complexity index is 785. The molecular formula is C14H12Cl2N4O2. The van der Waals surface area contributed by atoms with Crippen molar-refractivity contribution in [3.63, 3.8) is 0 Å². The molecule has 0 N–H and O–H groups in total. The highest BCUT2D eigenvalue weighted by molar-refractivity contribution is 6.31. The van der Waals surface area contributed by atoms with Crippen molar-refractivity contribution in [3.05, 3.63) is 46.5 Å². The Kier molecular flexibility index (Phi) is 4.31. The zero-order chi connectivity index (χ0) is 15.5. The first-order valence-electron chi connectivity index (χ1n) is 6.50. The number of rotatable bonds is 5. The molecule has 0 amide bonds. The number of nitrogens with zero attached hydrogens (tertiary/aromatic N) is 4. The van der Waals surface area contributed by atoms with Gasteiger partial charge in [-0.1, -0.05) is 28.4 Å². The molecule has 0 aliphatic heterocycles. The molecule has 22 heavy (non-hydrogen) atoms. The van der Waals surface area contributed by atoms with Crippen molar-refractivity contribution >= 4 is 23.2 Å². The van der Waals surface area contributed by atoms with Crippen LogP contribution in [0.4, 0.5) is 0 Å². The van der Waals surface area contributed by atoms with Gasteiger partial charge in [0.05, 0.1) is 23.9 Å². The molecule has 0 atom stereocenters. The second kappa shape index (κ2) is 6.37. The Morgan fingerprint density at radius 3 is 2.86 bits per heavy atom. The predicted octanol–water partition coefficient (Wildman–Crippen LogP) is 3.49. The van der Waals surface area contributed by atoms with Gasteiger partial charge in [0.2, 0.25) is 11.7 Å². The van der Waals surface area contributed by atoms with Crippen LogP contribution in [-0.4, -0.2) is 27.0 Å². The first-order valence-corrected chi connectivity index (χ1v) is 7.26. The van der Waals surface area contributed by atoms with Gasteiger partial charge in [-0.15, -0.1) is 0 Å². The highest BCUT2D eigenvalue weighted by atomic mass is 35.5. The number of benzene rings is 1. The molecule has 2 heterocycles. The average Bonchev–Trinajstić information content (AvgIpc) is 3.14. The van der Waals surface area contributed by atoms with Crippen LogP contribution in [0.2, 0.25) is 10.0 Å². The van der Waals surface area contributed by atoms with Crippen LogP contribution in [0.3, 0.4) is 0 Å². The Morgan fingerprint density at radius 2 is 2.14 bits per heavy atom. The van der Waals surface area contributed by atoms with Gasteiger partial charge in [-0.2, -0.15) is 10.1 Å². The van der Waals surface area contributed by atoms with E-state index in [1.165, 1.54) is 0 Å². The smallest absolute Gasteiger partial charge is 0.228 e. The highest BCUT2D eigenvalue weighted by Crippen LogP contribution is 2.30. The molecule has 3 aromatic rings. The number of halogens is 2. The molecule has 114 valence electrons. The van der Waals surface area contributed by atoms with E-state index in [4.69, 9.17) is 32.5 Å². The zero-order valence-corrected chi connectivity index (χ0v) is 13.2. The van der Waals surface area contributed by atoms with E-state index in [0.29, 0.717) is 46.0 Å². The maximum Gasteiger partial charge on any atom is 0.228 e. The van der Waals surface area contributed by atoms with Crippen molar-refractivity contribution in [2.24, 2.45) is 0 Å². The first-order chi connectivity index (χ1) is 10.7. The Morgan fingerprint density at radius 1 is 1.27 bits per heavy atom. The fourth-order valence-electron chi connectivity index (χ4n) is 1.99. The maximum atomic E-state index is 6.01. The van der Waals surface area contributed by atoms with Gasteiger partial charge in [0.15, 0.2) is 0 Å². The molecule has 1 aromatic carbocycles. The molecule has 0 saturated carbocycles. The van der Waals surface area contributed by atoms with Gasteiger partial charge >= 0.3 is 0 Å². The highest BCUT2D eigenvalue weighted by Gasteiger charge is 2.14. The van der Waals surface area contributed by atoms with Gasteiger partial charge in [0.1, 0.15) is 5.75 Å². The maximum absolute atomic E-state index is 6.01. The van der Waals surface area contributed by atoms with Gasteiger partial charge in [-0.05, 0) is 18.2 Å². The Balaban J connectivity index is 1.77. The third-order valence-electron chi connectivity index (χ3n) is 3.03. The van der Waals surface area contributed by atoms with Crippen molar-refractivity contribution in [2.45, 2.75) is 13.0 Å². The second-order valence-corrected chi connectivity index (χ2v) is 5.40. The Hall–Kier alpha value is -2.05. The van der Waals surface area contributed by atoms with E-state index in [2.05, 4.69) is 15.2 Å². The topological polar surface area (TPSA) is 66.0 Å². The van der Waals surface area contributed by atoms with E-state index in [1.54, 1.807) is 42.4 Å². The van der Waals surface area contributed by atoms with Crippen molar-refractivity contribution in [3.8, 4) is 17.1 Å². The third kappa shape index (κ3) is 3.23. The lowest BCUT2D eigenvalue weighted by Crippen LogP contribution is -2.01. The van der Waals surface area contributed by atoms with Crippen LogP contribution >= 0.6 is 23.2 Å². The van der Waals surface area contributed by atoms with Crippen LogP contribution in [0, 0.1) is 0 Å². The molecule has 0 radical (unpaired) electrons. The van der Waals surface area contributed by atoms with Gasteiger partial charge < -0.3 is 9.26 Å². The molecule has 0 bridgehead atoms. The molecule has 3 rings (SSSR count). The van der Waals surface area contributed by atoms with Crippen LogP contribution in [0.25, 0.3) is 11.4 Å². The normalized spacial score (nSPS) is 10.9.